The van der Waals surface area contributed by atoms with E-state index in [4.69, 9.17) is 11.6 Å². The quantitative estimate of drug-likeness (QED) is 0.649. The average Bonchev–Trinajstić information content (AvgIpc) is 2.02. The Morgan fingerprint density at radius 3 is 2.08 bits per heavy atom. The Labute approximate surface area is 79.3 Å². The van der Waals surface area contributed by atoms with Crippen molar-refractivity contribution in [3.8, 4) is 0 Å². The van der Waals surface area contributed by atoms with Crippen molar-refractivity contribution < 1.29 is 13.2 Å². The van der Waals surface area contributed by atoms with E-state index in [2.05, 4.69) is 0 Å². The number of benzene rings is 1. The van der Waals surface area contributed by atoms with E-state index in [0.717, 1.165) is 0 Å². The molecular formula is C9H8ClF3. The third-order valence-electron chi connectivity index (χ3n) is 1.72. The van der Waals surface area contributed by atoms with E-state index in [0.29, 0.717) is 18.6 Å². The molecule has 0 N–H and O–H groups in total. The molecule has 1 rings (SSSR count). The molecule has 4 heteroatoms. The van der Waals surface area contributed by atoms with Crippen molar-refractivity contribution in [1.29, 1.82) is 0 Å². The molecule has 0 radical (unpaired) electrons. The predicted octanol–water partition coefficient (Wildman–Crippen LogP) is 3.79. The highest BCUT2D eigenvalue weighted by Crippen LogP contribution is 2.29. The van der Waals surface area contributed by atoms with Crippen LogP contribution in [0.1, 0.15) is 24.3 Å². The third kappa shape index (κ3) is 2.15. The lowest BCUT2D eigenvalue weighted by atomic mass is 10.1. The molecule has 0 fully saturated rings. The third-order valence-corrected chi connectivity index (χ3v) is 2.24. The van der Waals surface area contributed by atoms with Crippen molar-refractivity contribution in [2.75, 3.05) is 0 Å². The first-order valence-electron chi connectivity index (χ1n) is 3.84. The molecule has 0 bridgehead atoms. The van der Waals surface area contributed by atoms with Crippen LogP contribution in [-0.4, -0.2) is 0 Å². The van der Waals surface area contributed by atoms with Crippen molar-refractivity contribution in [1.82, 2.24) is 0 Å². The number of rotatable bonds is 2. The van der Waals surface area contributed by atoms with Gasteiger partial charge in [0, 0.05) is 17.7 Å². The summed E-state index contributed by atoms with van der Waals surface area (Å²) in [4.78, 5) is 0. The molecule has 0 saturated heterocycles. The van der Waals surface area contributed by atoms with Gasteiger partial charge in [-0.2, -0.15) is 0 Å². The maximum Gasteiger partial charge on any atom is 0.133 e. The van der Waals surface area contributed by atoms with Gasteiger partial charge in [0.2, 0.25) is 0 Å². The van der Waals surface area contributed by atoms with Gasteiger partial charge in [0.25, 0.3) is 0 Å². The Balaban J connectivity index is 3.20. The van der Waals surface area contributed by atoms with Gasteiger partial charge in [0.1, 0.15) is 17.5 Å². The van der Waals surface area contributed by atoms with Crippen molar-refractivity contribution >= 4 is 11.6 Å². The number of hydrogen-bond donors (Lipinski definition) is 0. The molecular weight excluding hydrogens is 201 g/mol. The lowest BCUT2D eigenvalue weighted by Gasteiger charge is -2.09. The lowest BCUT2D eigenvalue weighted by molar-refractivity contribution is 0.519. The number of hydrogen-bond acceptors (Lipinski definition) is 0. The van der Waals surface area contributed by atoms with Gasteiger partial charge in [0.05, 0.1) is 5.38 Å². The van der Waals surface area contributed by atoms with E-state index in [1.54, 1.807) is 6.92 Å². The maximum absolute atomic E-state index is 13.0. The summed E-state index contributed by atoms with van der Waals surface area (Å²) in [6.45, 7) is 1.69. The van der Waals surface area contributed by atoms with E-state index < -0.39 is 22.8 Å². The molecule has 0 aromatic heterocycles. The summed E-state index contributed by atoms with van der Waals surface area (Å²) in [6.07, 6.45) is 0.390. The van der Waals surface area contributed by atoms with Crippen LogP contribution in [0.4, 0.5) is 13.2 Å². The number of alkyl halides is 1. The second kappa shape index (κ2) is 4.01. The minimum absolute atomic E-state index is 0.259. The Kier molecular flexibility index (Phi) is 3.20. The minimum atomic E-state index is -0.932. The van der Waals surface area contributed by atoms with Crippen molar-refractivity contribution in [3.05, 3.63) is 35.1 Å². The first-order chi connectivity index (χ1) is 6.06. The predicted molar refractivity (Wildman–Crippen MR) is 45.2 cm³/mol. The second-order valence-corrected chi connectivity index (χ2v) is 3.19. The average molecular weight is 209 g/mol. The van der Waals surface area contributed by atoms with Crippen LogP contribution in [0.2, 0.25) is 0 Å². The van der Waals surface area contributed by atoms with E-state index in [1.807, 2.05) is 0 Å². The highest BCUT2D eigenvalue weighted by molar-refractivity contribution is 6.20. The molecule has 72 valence electrons. The van der Waals surface area contributed by atoms with Crippen LogP contribution in [0.15, 0.2) is 12.1 Å². The zero-order valence-corrected chi connectivity index (χ0v) is 7.71. The van der Waals surface area contributed by atoms with Crippen LogP contribution < -0.4 is 0 Å². The molecule has 0 aliphatic heterocycles. The normalized spacial score (nSPS) is 13.0. The van der Waals surface area contributed by atoms with Gasteiger partial charge < -0.3 is 0 Å². The summed E-state index contributed by atoms with van der Waals surface area (Å²) >= 11 is 5.65. The SMILES string of the molecule is CCC(Cl)c1c(F)cc(F)cc1F. The van der Waals surface area contributed by atoms with Crippen LogP contribution in [-0.2, 0) is 0 Å². The lowest BCUT2D eigenvalue weighted by Crippen LogP contribution is -1.99. The van der Waals surface area contributed by atoms with Gasteiger partial charge in [0.15, 0.2) is 0 Å². The zero-order chi connectivity index (χ0) is 10.0. The summed E-state index contributed by atoms with van der Waals surface area (Å²) in [6, 6.07) is 1.26. The number of halogens is 4. The van der Waals surface area contributed by atoms with Gasteiger partial charge >= 0.3 is 0 Å². The van der Waals surface area contributed by atoms with Gasteiger partial charge in [-0.15, -0.1) is 11.6 Å². The molecule has 1 atom stereocenters. The van der Waals surface area contributed by atoms with Crippen molar-refractivity contribution in [2.45, 2.75) is 18.7 Å². The van der Waals surface area contributed by atoms with Gasteiger partial charge in [-0.3, -0.25) is 0 Å². The van der Waals surface area contributed by atoms with Crippen LogP contribution in [0.25, 0.3) is 0 Å². The molecule has 1 unspecified atom stereocenters. The van der Waals surface area contributed by atoms with Crippen molar-refractivity contribution in [3.63, 3.8) is 0 Å². The monoisotopic (exact) mass is 208 g/mol. The summed E-state index contributed by atoms with van der Waals surface area (Å²) in [5.41, 5.74) is -0.259. The summed E-state index contributed by atoms with van der Waals surface area (Å²) in [5.74, 6) is -2.79. The molecule has 0 aliphatic rings. The largest absolute Gasteiger partial charge is 0.207 e. The fourth-order valence-electron chi connectivity index (χ4n) is 1.06. The zero-order valence-electron chi connectivity index (χ0n) is 6.95. The topological polar surface area (TPSA) is 0 Å². The van der Waals surface area contributed by atoms with Gasteiger partial charge in [-0.1, -0.05) is 6.92 Å². The summed E-state index contributed by atoms with van der Waals surface area (Å²) < 4.78 is 38.4. The Morgan fingerprint density at radius 2 is 1.69 bits per heavy atom. The Bertz CT molecular complexity index is 289. The first kappa shape index (κ1) is 10.4. The molecule has 0 saturated carbocycles. The maximum atomic E-state index is 13.0. The van der Waals surface area contributed by atoms with Gasteiger partial charge in [-0.05, 0) is 6.42 Å². The highest BCUT2D eigenvalue weighted by Gasteiger charge is 2.17. The molecule has 0 nitrogen and oxygen atoms in total. The summed E-state index contributed by atoms with van der Waals surface area (Å²) in [7, 11) is 0. The molecule has 0 aliphatic carbocycles. The van der Waals surface area contributed by atoms with E-state index in [-0.39, 0.29) is 5.56 Å². The van der Waals surface area contributed by atoms with Crippen LogP contribution >= 0.6 is 11.6 Å². The molecule has 0 amide bonds. The molecule has 0 heterocycles. The molecule has 1 aromatic rings. The van der Waals surface area contributed by atoms with Crippen molar-refractivity contribution in [2.24, 2.45) is 0 Å². The fraction of sp³-hybridized carbons (Fsp3) is 0.333. The Morgan fingerprint density at radius 1 is 1.23 bits per heavy atom. The molecule has 1 aromatic carbocycles. The highest BCUT2D eigenvalue weighted by atomic mass is 35.5. The smallest absolute Gasteiger partial charge is 0.133 e. The van der Waals surface area contributed by atoms with Gasteiger partial charge in [-0.25, -0.2) is 13.2 Å². The Hall–Kier alpha value is -0.700. The molecule has 13 heavy (non-hydrogen) atoms. The van der Waals surface area contributed by atoms with E-state index >= 15 is 0 Å². The van der Waals surface area contributed by atoms with Crippen LogP contribution in [0, 0.1) is 17.5 Å². The standard InChI is InChI=1S/C9H8ClF3/c1-2-6(10)9-7(12)3-5(11)4-8(9)13/h3-4,6H,2H2,1H3. The van der Waals surface area contributed by atoms with Crippen LogP contribution in [0.3, 0.4) is 0 Å². The first-order valence-corrected chi connectivity index (χ1v) is 4.28. The van der Waals surface area contributed by atoms with E-state index in [1.165, 1.54) is 0 Å². The van der Waals surface area contributed by atoms with E-state index in [9.17, 15) is 13.2 Å². The van der Waals surface area contributed by atoms with Crippen LogP contribution in [0.5, 0.6) is 0 Å². The fourth-order valence-corrected chi connectivity index (χ4v) is 1.27. The molecule has 0 spiro atoms. The minimum Gasteiger partial charge on any atom is -0.207 e. The summed E-state index contributed by atoms with van der Waals surface area (Å²) in [5, 5.41) is -0.749. The second-order valence-electron chi connectivity index (χ2n) is 2.66.